The van der Waals surface area contributed by atoms with Gasteiger partial charge >= 0.3 is 6.18 Å². The highest BCUT2D eigenvalue weighted by Gasteiger charge is 2.62. The van der Waals surface area contributed by atoms with Crippen LogP contribution < -0.4 is 9.64 Å². The predicted octanol–water partition coefficient (Wildman–Crippen LogP) is 5.39. The van der Waals surface area contributed by atoms with E-state index in [2.05, 4.69) is 9.88 Å². The number of piperidine rings is 2. The van der Waals surface area contributed by atoms with Crippen LogP contribution in [0.1, 0.15) is 48.0 Å². The maximum Gasteiger partial charge on any atom is 0.430 e. The normalized spacial score (nSPS) is 18.5. The van der Waals surface area contributed by atoms with Crippen LogP contribution in [0.5, 0.6) is 5.75 Å². The van der Waals surface area contributed by atoms with E-state index in [1.54, 1.807) is 26.2 Å². The van der Waals surface area contributed by atoms with Gasteiger partial charge in [-0.25, -0.2) is 4.98 Å². The summed E-state index contributed by atoms with van der Waals surface area (Å²) in [6.07, 6.45) is -1.40. The van der Waals surface area contributed by atoms with Gasteiger partial charge in [0.05, 0.1) is 12.7 Å². The van der Waals surface area contributed by atoms with E-state index in [9.17, 15) is 27.9 Å². The molecule has 0 aliphatic carbocycles. The van der Waals surface area contributed by atoms with Crippen LogP contribution in [0.25, 0.3) is 0 Å². The smallest absolute Gasteiger partial charge is 0.430 e. The Labute approximate surface area is 253 Å². The molecule has 230 valence electrons. The van der Waals surface area contributed by atoms with Gasteiger partial charge < -0.3 is 24.5 Å². The van der Waals surface area contributed by atoms with E-state index in [0.29, 0.717) is 24.3 Å². The minimum atomic E-state index is -5.26. The van der Waals surface area contributed by atoms with Gasteiger partial charge in [0, 0.05) is 50.9 Å². The number of benzene rings is 1. The molecule has 1 aromatic carbocycles. The molecule has 1 aromatic heterocycles. The number of rotatable bonds is 7. The van der Waals surface area contributed by atoms with Crippen LogP contribution in [-0.4, -0.2) is 85.3 Å². The standard InChI is InChI=1S/C29H35Cl2F3N4O4/c1-36(2)26(39)23-4-5-24(35-25(23)31)37-10-6-18(7-11-37)14-19-8-12-38(13-9-19)27(40)28(41,29(32,33)34)20-15-21(30)17-22(16-20)42-3/h4-5,15-19,41H,6-14H2,1-3H3/t28-/m0/s1. The third-order valence-corrected chi connectivity index (χ3v) is 8.73. The summed E-state index contributed by atoms with van der Waals surface area (Å²) in [5.74, 6) is -0.193. The van der Waals surface area contributed by atoms with Gasteiger partial charge in [0.1, 0.15) is 16.7 Å². The van der Waals surface area contributed by atoms with Crippen LogP contribution in [0, 0.1) is 11.8 Å². The van der Waals surface area contributed by atoms with Gasteiger partial charge in [0.2, 0.25) is 0 Å². The molecule has 2 fully saturated rings. The summed E-state index contributed by atoms with van der Waals surface area (Å²) in [6, 6.07) is 6.72. The summed E-state index contributed by atoms with van der Waals surface area (Å²) >= 11 is 12.2. The number of nitrogens with zero attached hydrogens (tertiary/aromatic N) is 4. The first kappa shape index (κ1) is 32.2. The number of aliphatic hydroxyl groups is 1. The minimum Gasteiger partial charge on any atom is -0.497 e. The number of likely N-dealkylation sites (tertiary alicyclic amines) is 1. The highest BCUT2D eigenvalue weighted by atomic mass is 35.5. The number of pyridine rings is 1. The number of carbonyl (C=O) groups excluding carboxylic acids is 2. The molecule has 0 saturated carbocycles. The zero-order chi connectivity index (χ0) is 30.8. The number of methoxy groups -OCH3 is 1. The second-order valence-corrected chi connectivity index (χ2v) is 12.0. The molecule has 2 aliphatic rings. The molecule has 8 nitrogen and oxygen atoms in total. The molecule has 2 aliphatic heterocycles. The van der Waals surface area contributed by atoms with Gasteiger partial charge in [-0.3, -0.25) is 9.59 Å². The van der Waals surface area contributed by atoms with Crippen molar-refractivity contribution in [1.82, 2.24) is 14.8 Å². The Hall–Kier alpha value is -2.76. The zero-order valence-electron chi connectivity index (χ0n) is 23.8. The van der Waals surface area contributed by atoms with E-state index >= 15 is 0 Å². The van der Waals surface area contributed by atoms with Gasteiger partial charge in [-0.15, -0.1) is 0 Å². The fourth-order valence-electron chi connectivity index (χ4n) is 5.77. The van der Waals surface area contributed by atoms with E-state index in [0.717, 1.165) is 55.2 Å². The summed E-state index contributed by atoms with van der Waals surface area (Å²) in [7, 11) is 4.57. The van der Waals surface area contributed by atoms with Crippen molar-refractivity contribution in [2.75, 3.05) is 52.3 Å². The van der Waals surface area contributed by atoms with Crippen LogP contribution in [0.3, 0.4) is 0 Å². The summed E-state index contributed by atoms with van der Waals surface area (Å²) < 4.78 is 47.6. The third kappa shape index (κ3) is 6.73. The largest absolute Gasteiger partial charge is 0.497 e. The Kier molecular flexibility index (Phi) is 9.84. The minimum absolute atomic E-state index is 0.00746. The van der Waals surface area contributed by atoms with Gasteiger partial charge in [-0.05, 0) is 74.3 Å². The first-order valence-corrected chi connectivity index (χ1v) is 14.6. The van der Waals surface area contributed by atoms with Crippen molar-refractivity contribution >= 4 is 40.8 Å². The van der Waals surface area contributed by atoms with Gasteiger partial charge in [0.25, 0.3) is 17.4 Å². The number of hydrogen-bond donors (Lipinski definition) is 1. The molecule has 2 saturated heterocycles. The van der Waals surface area contributed by atoms with Crippen LogP contribution in [-0.2, 0) is 10.4 Å². The van der Waals surface area contributed by atoms with Gasteiger partial charge in [-0.2, -0.15) is 13.2 Å². The predicted molar refractivity (Wildman–Crippen MR) is 154 cm³/mol. The Bertz CT molecular complexity index is 1300. The second kappa shape index (κ2) is 12.9. The molecule has 0 bridgehead atoms. The summed E-state index contributed by atoms with van der Waals surface area (Å²) in [5.41, 5.74) is -4.06. The Morgan fingerprint density at radius 3 is 2.14 bits per heavy atom. The number of carbonyl (C=O) groups is 2. The number of halogens is 5. The van der Waals surface area contributed by atoms with Crippen LogP contribution in [0.2, 0.25) is 10.2 Å². The number of amides is 2. The number of anilines is 1. The van der Waals surface area contributed by atoms with E-state index < -0.39 is 23.2 Å². The molecule has 0 radical (unpaired) electrons. The lowest BCUT2D eigenvalue weighted by Gasteiger charge is -2.40. The van der Waals surface area contributed by atoms with Crippen LogP contribution in [0.15, 0.2) is 30.3 Å². The first-order chi connectivity index (χ1) is 19.7. The SMILES string of the molecule is COc1cc(Cl)cc([C@](O)(C(=O)N2CCC(CC3CCN(c4ccc(C(=O)N(C)C)c(Cl)n4)CC3)CC2)C(F)(F)F)c1. The maximum absolute atomic E-state index is 14.2. The van der Waals surface area contributed by atoms with Crippen molar-refractivity contribution in [3.05, 3.63) is 51.6 Å². The zero-order valence-corrected chi connectivity index (χ0v) is 25.3. The van der Waals surface area contributed by atoms with Crippen molar-refractivity contribution in [2.24, 2.45) is 11.8 Å². The van der Waals surface area contributed by atoms with Crippen molar-refractivity contribution in [1.29, 1.82) is 0 Å². The lowest BCUT2D eigenvalue weighted by Crippen LogP contribution is -2.57. The molecule has 4 rings (SSSR count). The third-order valence-electron chi connectivity index (χ3n) is 8.22. The van der Waals surface area contributed by atoms with Crippen LogP contribution >= 0.6 is 23.2 Å². The average molecular weight is 632 g/mol. The number of aromatic nitrogens is 1. The molecule has 2 amide bonds. The molecule has 1 atom stereocenters. The first-order valence-electron chi connectivity index (χ1n) is 13.8. The van der Waals surface area contributed by atoms with Crippen molar-refractivity contribution < 1.29 is 32.6 Å². The highest BCUT2D eigenvalue weighted by Crippen LogP contribution is 2.43. The van der Waals surface area contributed by atoms with Crippen molar-refractivity contribution in [3.8, 4) is 5.75 Å². The lowest BCUT2D eigenvalue weighted by atomic mass is 9.82. The molecular formula is C29H35Cl2F3N4O4. The monoisotopic (exact) mass is 630 g/mol. The highest BCUT2D eigenvalue weighted by molar-refractivity contribution is 6.32. The summed E-state index contributed by atoms with van der Waals surface area (Å²) in [6.45, 7) is 1.79. The average Bonchev–Trinajstić information content (AvgIpc) is 2.95. The Morgan fingerprint density at radius 1 is 1.02 bits per heavy atom. The molecule has 0 unspecified atom stereocenters. The van der Waals surface area contributed by atoms with E-state index in [4.69, 9.17) is 27.9 Å². The molecular weight excluding hydrogens is 596 g/mol. The number of alkyl halides is 3. The number of ether oxygens (including phenoxy) is 1. The van der Waals surface area contributed by atoms with Crippen LogP contribution in [0.4, 0.5) is 19.0 Å². The molecule has 1 N–H and O–H groups in total. The van der Waals surface area contributed by atoms with Crippen molar-refractivity contribution in [3.63, 3.8) is 0 Å². The molecule has 0 spiro atoms. The summed E-state index contributed by atoms with van der Waals surface area (Å²) in [5, 5.41) is 10.9. The molecule has 3 heterocycles. The number of hydrogen-bond acceptors (Lipinski definition) is 6. The fraction of sp³-hybridized carbons (Fsp3) is 0.552. The van der Waals surface area contributed by atoms with Crippen molar-refractivity contribution in [2.45, 2.75) is 43.9 Å². The lowest BCUT2D eigenvalue weighted by molar-refractivity contribution is -0.262. The quantitative estimate of drug-likeness (QED) is 0.413. The molecule has 2 aromatic rings. The molecule has 13 heteroatoms. The summed E-state index contributed by atoms with van der Waals surface area (Å²) in [4.78, 5) is 34.5. The van der Waals surface area contributed by atoms with E-state index in [-0.39, 0.29) is 40.8 Å². The van der Waals surface area contributed by atoms with E-state index in [1.807, 2.05) is 0 Å². The van der Waals surface area contributed by atoms with E-state index in [1.165, 1.54) is 18.1 Å². The molecule has 42 heavy (non-hydrogen) atoms. The topological polar surface area (TPSA) is 86.2 Å². The Balaban J connectivity index is 1.33. The Morgan fingerprint density at radius 2 is 1.62 bits per heavy atom. The fourth-order valence-corrected chi connectivity index (χ4v) is 6.22. The maximum atomic E-state index is 14.2. The van der Waals surface area contributed by atoms with Gasteiger partial charge in [-0.1, -0.05) is 23.2 Å². The second-order valence-electron chi connectivity index (χ2n) is 11.2. The van der Waals surface area contributed by atoms with Gasteiger partial charge in [0.15, 0.2) is 0 Å².